The van der Waals surface area contributed by atoms with E-state index in [2.05, 4.69) is 15.4 Å². The summed E-state index contributed by atoms with van der Waals surface area (Å²) in [4.78, 5) is 12.4. The zero-order valence-corrected chi connectivity index (χ0v) is 17.6. The Bertz CT molecular complexity index is 1140. The van der Waals surface area contributed by atoms with E-state index in [9.17, 15) is 13.2 Å². The molecule has 3 N–H and O–H groups in total. The average Bonchev–Trinajstić information content (AvgIpc) is 3.58. The summed E-state index contributed by atoms with van der Waals surface area (Å²) >= 11 is 0. The maximum atomic E-state index is 12.3. The van der Waals surface area contributed by atoms with Crippen LogP contribution in [0, 0.1) is 0 Å². The van der Waals surface area contributed by atoms with E-state index < -0.39 is 10.0 Å². The number of anilines is 3. The van der Waals surface area contributed by atoms with Crippen LogP contribution in [-0.2, 0) is 14.8 Å². The zero-order valence-electron chi connectivity index (χ0n) is 16.7. The van der Waals surface area contributed by atoms with Crippen LogP contribution in [0.25, 0.3) is 0 Å². The molecule has 1 aliphatic carbocycles. The van der Waals surface area contributed by atoms with Gasteiger partial charge in [-0.3, -0.25) is 4.79 Å². The molecule has 7 nitrogen and oxygen atoms in total. The third kappa shape index (κ3) is 6.07. The Morgan fingerprint density at radius 2 is 1.55 bits per heavy atom. The molecule has 0 heterocycles. The maximum absolute atomic E-state index is 12.3. The van der Waals surface area contributed by atoms with Gasteiger partial charge in [-0.25, -0.2) is 13.1 Å². The van der Waals surface area contributed by atoms with Crippen molar-refractivity contribution in [3.63, 3.8) is 0 Å². The Balaban J connectivity index is 1.29. The largest absolute Gasteiger partial charge is 0.484 e. The molecule has 1 fully saturated rings. The number of sulfonamides is 1. The minimum Gasteiger partial charge on any atom is -0.484 e. The predicted octanol–water partition coefficient (Wildman–Crippen LogP) is 3.89. The summed E-state index contributed by atoms with van der Waals surface area (Å²) in [6, 6.07) is 23.3. The minimum atomic E-state index is -3.58. The Kier molecular flexibility index (Phi) is 6.20. The van der Waals surface area contributed by atoms with E-state index >= 15 is 0 Å². The Hall–Kier alpha value is -3.36. The van der Waals surface area contributed by atoms with Crippen LogP contribution in [0.15, 0.2) is 83.8 Å². The fraction of sp³-hybridized carbons (Fsp3) is 0.174. The second-order valence-electron chi connectivity index (χ2n) is 7.28. The fourth-order valence-electron chi connectivity index (χ4n) is 2.90. The summed E-state index contributed by atoms with van der Waals surface area (Å²) in [5.41, 5.74) is 2.28. The van der Waals surface area contributed by atoms with Crippen LogP contribution in [0.1, 0.15) is 12.8 Å². The van der Waals surface area contributed by atoms with Crippen LogP contribution in [0.5, 0.6) is 5.75 Å². The Labute approximate surface area is 181 Å². The standard InChI is InChI=1S/C23H23N3O4S/c27-23(25-20-7-4-8-22(15-20)31(28,29)26-19-9-10-19)16-30-21-13-11-18(12-14-21)24-17-5-2-1-3-6-17/h1-8,11-15,19,24,26H,9-10,16H2,(H,25,27). The molecule has 0 aliphatic heterocycles. The van der Waals surface area contributed by atoms with Crippen molar-refractivity contribution in [1.29, 1.82) is 0 Å². The smallest absolute Gasteiger partial charge is 0.262 e. The van der Waals surface area contributed by atoms with Gasteiger partial charge in [0, 0.05) is 23.1 Å². The summed E-state index contributed by atoms with van der Waals surface area (Å²) in [5, 5.41) is 5.94. The lowest BCUT2D eigenvalue weighted by molar-refractivity contribution is -0.118. The number of ether oxygens (including phenoxy) is 1. The number of carbonyl (C=O) groups excluding carboxylic acids is 1. The van der Waals surface area contributed by atoms with Gasteiger partial charge in [0.15, 0.2) is 6.61 Å². The molecule has 3 aromatic carbocycles. The van der Waals surface area contributed by atoms with Crippen molar-refractivity contribution < 1.29 is 17.9 Å². The molecule has 1 aliphatic rings. The van der Waals surface area contributed by atoms with Crippen molar-refractivity contribution in [3.05, 3.63) is 78.9 Å². The van der Waals surface area contributed by atoms with E-state index in [0.717, 1.165) is 24.2 Å². The molecule has 1 amide bonds. The van der Waals surface area contributed by atoms with Gasteiger partial charge < -0.3 is 15.4 Å². The molecule has 0 spiro atoms. The number of para-hydroxylation sites is 1. The van der Waals surface area contributed by atoms with Crippen molar-refractivity contribution in [3.8, 4) is 5.75 Å². The van der Waals surface area contributed by atoms with Crippen molar-refractivity contribution in [2.45, 2.75) is 23.8 Å². The number of benzene rings is 3. The van der Waals surface area contributed by atoms with Gasteiger partial charge in [0.05, 0.1) is 4.90 Å². The van der Waals surface area contributed by atoms with Crippen LogP contribution in [-0.4, -0.2) is 27.0 Å². The van der Waals surface area contributed by atoms with Crippen LogP contribution in [0.2, 0.25) is 0 Å². The van der Waals surface area contributed by atoms with Gasteiger partial charge in [0.25, 0.3) is 5.91 Å². The summed E-state index contributed by atoms with van der Waals surface area (Å²) < 4.78 is 32.8. The first kappa shape index (κ1) is 20.9. The van der Waals surface area contributed by atoms with Crippen LogP contribution in [0.4, 0.5) is 17.1 Å². The molecular weight excluding hydrogens is 414 g/mol. The molecular formula is C23H23N3O4S. The number of hydrogen-bond donors (Lipinski definition) is 3. The van der Waals surface area contributed by atoms with Gasteiger partial charge in [-0.15, -0.1) is 0 Å². The number of hydrogen-bond acceptors (Lipinski definition) is 5. The van der Waals surface area contributed by atoms with Gasteiger partial charge in [0.1, 0.15) is 5.75 Å². The lowest BCUT2D eigenvalue weighted by Gasteiger charge is -2.11. The van der Waals surface area contributed by atoms with Crippen LogP contribution >= 0.6 is 0 Å². The third-order valence-electron chi connectivity index (χ3n) is 4.61. The van der Waals surface area contributed by atoms with Crippen molar-refractivity contribution in [2.24, 2.45) is 0 Å². The second kappa shape index (κ2) is 9.20. The van der Waals surface area contributed by atoms with E-state index in [4.69, 9.17) is 4.74 Å². The molecule has 0 saturated heterocycles. The fourth-order valence-corrected chi connectivity index (χ4v) is 4.25. The summed E-state index contributed by atoms with van der Waals surface area (Å²) in [6.07, 6.45) is 1.71. The van der Waals surface area contributed by atoms with Crippen molar-refractivity contribution >= 4 is 33.0 Å². The topological polar surface area (TPSA) is 96.5 Å². The summed E-state index contributed by atoms with van der Waals surface area (Å²) in [5.74, 6) is 0.176. The predicted molar refractivity (Wildman–Crippen MR) is 120 cm³/mol. The lowest BCUT2D eigenvalue weighted by Crippen LogP contribution is -2.26. The highest BCUT2D eigenvalue weighted by molar-refractivity contribution is 7.89. The monoisotopic (exact) mass is 437 g/mol. The lowest BCUT2D eigenvalue weighted by atomic mass is 10.2. The Morgan fingerprint density at radius 3 is 2.26 bits per heavy atom. The van der Waals surface area contributed by atoms with Crippen LogP contribution in [0.3, 0.4) is 0 Å². The first-order valence-corrected chi connectivity index (χ1v) is 11.4. The zero-order chi connectivity index (χ0) is 21.7. The molecule has 0 unspecified atom stereocenters. The number of carbonyl (C=O) groups is 1. The average molecular weight is 438 g/mol. The van der Waals surface area contributed by atoms with Gasteiger partial charge >= 0.3 is 0 Å². The quantitative estimate of drug-likeness (QED) is 0.472. The highest BCUT2D eigenvalue weighted by atomic mass is 32.2. The van der Waals surface area contributed by atoms with E-state index in [-0.39, 0.29) is 23.5 Å². The van der Waals surface area contributed by atoms with E-state index in [1.807, 2.05) is 42.5 Å². The molecule has 1 saturated carbocycles. The SMILES string of the molecule is O=C(COc1ccc(Nc2ccccc2)cc1)Nc1cccc(S(=O)(=O)NC2CC2)c1. The van der Waals surface area contributed by atoms with E-state index in [1.54, 1.807) is 24.3 Å². The first-order valence-electron chi connectivity index (χ1n) is 9.95. The minimum absolute atomic E-state index is 0.0194. The van der Waals surface area contributed by atoms with Gasteiger partial charge in [0.2, 0.25) is 10.0 Å². The van der Waals surface area contributed by atoms with E-state index in [1.165, 1.54) is 12.1 Å². The number of amides is 1. The first-order chi connectivity index (χ1) is 15.0. The van der Waals surface area contributed by atoms with E-state index in [0.29, 0.717) is 11.4 Å². The highest BCUT2D eigenvalue weighted by Gasteiger charge is 2.28. The number of nitrogens with one attached hydrogen (secondary N) is 3. The molecule has 0 radical (unpaired) electrons. The molecule has 8 heteroatoms. The van der Waals surface area contributed by atoms with Gasteiger partial charge in [-0.1, -0.05) is 24.3 Å². The van der Waals surface area contributed by atoms with Crippen molar-refractivity contribution in [1.82, 2.24) is 4.72 Å². The summed E-state index contributed by atoms with van der Waals surface area (Å²) in [7, 11) is -3.58. The molecule has 0 atom stereocenters. The normalized spacial score (nSPS) is 13.4. The number of rotatable bonds is 9. The highest BCUT2D eigenvalue weighted by Crippen LogP contribution is 2.23. The summed E-state index contributed by atoms with van der Waals surface area (Å²) in [6.45, 7) is -0.192. The molecule has 0 bridgehead atoms. The molecule has 4 rings (SSSR count). The van der Waals surface area contributed by atoms with Crippen molar-refractivity contribution in [2.75, 3.05) is 17.2 Å². The van der Waals surface area contributed by atoms with Crippen LogP contribution < -0.4 is 20.1 Å². The molecule has 31 heavy (non-hydrogen) atoms. The second-order valence-corrected chi connectivity index (χ2v) is 8.99. The third-order valence-corrected chi connectivity index (χ3v) is 6.13. The van der Waals surface area contributed by atoms with Gasteiger partial charge in [-0.05, 0) is 67.4 Å². The molecule has 160 valence electrons. The van der Waals surface area contributed by atoms with Gasteiger partial charge in [-0.2, -0.15) is 0 Å². The molecule has 0 aromatic heterocycles. The molecule has 3 aromatic rings. The Morgan fingerprint density at radius 1 is 0.871 bits per heavy atom. The maximum Gasteiger partial charge on any atom is 0.262 e.